The van der Waals surface area contributed by atoms with Crippen LogP contribution in [0.2, 0.25) is 0 Å². The van der Waals surface area contributed by atoms with E-state index in [1.807, 2.05) is 13.8 Å². The van der Waals surface area contributed by atoms with Gasteiger partial charge in [0.25, 0.3) is 5.92 Å². The molecule has 122 valence electrons. The minimum Gasteiger partial charge on any atom is -0.354 e. The second kappa shape index (κ2) is 8.22. The molecule has 0 aromatic carbocycles. The Kier molecular flexibility index (Phi) is 8.02. The van der Waals surface area contributed by atoms with E-state index in [1.165, 1.54) is 4.88 Å². The molecule has 0 spiro atoms. The Bertz CT molecular complexity index is 466. The Morgan fingerprint density at radius 1 is 1.48 bits per heavy atom. The predicted molar refractivity (Wildman–Crippen MR) is 84.2 cm³/mol. The molecule has 1 fully saturated rings. The van der Waals surface area contributed by atoms with Crippen molar-refractivity contribution in [3.05, 3.63) is 15.6 Å². The number of thiazole rings is 1. The standard InChI is InChI=1S/C12H17F2N3OS.2ClH/c1-7-8(2)19-10(17-7)3-4-15-11(18)9-5-12(13,14)6-16-9;;/h9,16H,3-6H2,1-2H3,(H,15,18);2*1H. The van der Waals surface area contributed by atoms with Crippen molar-refractivity contribution in [3.63, 3.8) is 0 Å². The van der Waals surface area contributed by atoms with Crippen LogP contribution >= 0.6 is 36.2 Å². The summed E-state index contributed by atoms with van der Waals surface area (Å²) >= 11 is 1.60. The van der Waals surface area contributed by atoms with Gasteiger partial charge >= 0.3 is 0 Å². The SMILES string of the molecule is Cc1nc(CCNC(=O)C2CC(F)(F)CN2)sc1C.Cl.Cl. The average molecular weight is 362 g/mol. The largest absolute Gasteiger partial charge is 0.354 e. The summed E-state index contributed by atoms with van der Waals surface area (Å²) in [6.07, 6.45) is 0.211. The Balaban J connectivity index is 0.00000200. The summed E-state index contributed by atoms with van der Waals surface area (Å²) in [5, 5.41) is 6.16. The third-order valence-electron chi connectivity index (χ3n) is 3.14. The summed E-state index contributed by atoms with van der Waals surface area (Å²) < 4.78 is 25.9. The van der Waals surface area contributed by atoms with Gasteiger partial charge in [0, 0.05) is 24.3 Å². The third-order valence-corrected chi connectivity index (χ3v) is 4.27. The fourth-order valence-corrected chi connectivity index (χ4v) is 2.90. The van der Waals surface area contributed by atoms with Crippen molar-refractivity contribution in [1.82, 2.24) is 15.6 Å². The number of nitrogens with one attached hydrogen (secondary N) is 2. The Hall–Kier alpha value is -0.500. The van der Waals surface area contributed by atoms with Gasteiger partial charge in [0.1, 0.15) is 0 Å². The molecule has 2 heterocycles. The number of rotatable bonds is 4. The lowest BCUT2D eigenvalue weighted by molar-refractivity contribution is -0.123. The minimum atomic E-state index is -2.77. The van der Waals surface area contributed by atoms with Crippen molar-refractivity contribution >= 4 is 42.1 Å². The van der Waals surface area contributed by atoms with Gasteiger partial charge < -0.3 is 5.32 Å². The zero-order valence-electron chi connectivity index (χ0n) is 11.7. The number of alkyl halides is 2. The van der Waals surface area contributed by atoms with Crippen LogP contribution in [0, 0.1) is 13.8 Å². The lowest BCUT2D eigenvalue weighted by Crippen LogP contribution is -2.41. The van der Waals surface area contributed by atoms with E-state index in [0.29, 0.717) is 13.0 Å². The van der Waals surface area contributed by atoms with Crippen LogP contribution in [0.15, 0.2) is 0 Å². The first-order valence-corrected chi connectivity index (χ1v) is 7.01. The molecule has 0 aliphatic carbocycles. The van der Waals surface area contributed by atoms with Gasteiger partial charge in [-0.3, -0.25) is 10.1 Å². The molecule has 1 amide bonds. The predicted octanol–water partition coefficient (Wildman–Crippen LogP) is 2.26. The van der Waals surface area contributed by atoms with Gasteiger partial charge in [-0.25, -0.2) is 13.8 Å². The maximum absolute atomic E-state index is 12.9. The van der Waals surface area contributed by atoms with E-state index >= 15 is 0 Å². The molecule has 2 N–H and O–H groups in total. The number of nitrogens with zero attached hydrogens (tertiary/aromatic N) is 1. The van der Waals surface area contributed by atoms with E-state index in [1.54, 1.807) is 11.3 Å². The van der Waals surface area contributed by atoms with Crippen LogP contribution in [0.5, 0.6) is 0 Å². The second-order valence-corrected chi connectivity index (χ2v) is 6.07. The fourth-order valence-electron chi connectivity index (χ4n) is 1.96. The molecule has 9 heteroatoms. The molecular weight excluding hydrogens is 343 g/mol. The van der Waals surface area contributed by atoms with Gasteiger partial charge in [-0.1, -0.05) is 0 Å². The first-order chi connectivity index (χ1) is 8.87. The number of hydrogen-bond donors (Lipinski definition) is 2. The average Bonchev–Trinajstić information content (AvgIpc) is 2.83. The summed E-state index contributed by atoms with van der Waals surface area (Å²) in [5.41, 5.74) is 1.00. The summed E-state index contributed by atoms with van der Waals surface area (Å²) in [7, 11) is 0. The highest BCUT2D eigenvalue weighted by Crippen LogP contribution is 2.25. The van der Waals surface area contributed by atoms with Gasteiger partial charge in [-0.05, 0) is 13.8 Å². The molecule has 1 saturated heterocycles. The first-order valence-electron chi connectivity index (χ1n) is 6.19. The van der Waals surface area contributed by atoms with Crippen LogP contribution in [0.25, 0.3) is 0 Å². The van der Waals surface area contributed by atoms with E-state index in [-0.39, 0.29) is 30.7 Å². The van der Waals surface area contributed by atoms with Crippen LogP contribution in [-0.2, 0) is 11.2 Å². The van der Waals surface area contributed by atoms with Gasteiger partial charge in [0.05, 0.1) is 23.3 Å². The van der Waals surface area contributed by atoms with Crippen molar-refractivity contribution in [3.8, 4) is 0 Å². The summed E-state index contributed by atoms with van der Waals surface area (Å²) in [6, 6.07) is -0.783. The Morgan fingerprint density at radius 2 is 2.14 bits per heavy atom. The monoisotopic (exact) mass is 361 g/mol. The van der Waals surface area contributed by atoms with Crippen molar-refractivity contribution in [2.24, 2.45) is 0 Å². The van der Waals surface area contributed by atoms with E-state index in [4.69, 9.17) is 0 Å². The van der Waals surface area contributed by atoms with E-state index in [2.05, 4.69) is 15.6 Å². The fraction of sp³-hybridized carbons (Fsp3) is 0.667. The van der Waals surface area contributed by atoms with Gasteiger partial charge in [-0.15, -0.1) is 36.2 Å². The van der Waals surface area contributed by atoms with E-state index < -0.39 is 24.9 Å². The highest BCUT2D eigenvalue weighted by Gasteiger charge is 2.42. The number of aryl methyl sites for hydroxylation is 2. The summed E-state index contributed by atoms with van der Waals surface area (Å²) in [5.74, 6) is -3.13. The van der Waals surface area contributed by atoms with E-state index in [0.717, 1.165) is 10.7 Å². The molecule has 21 heavy (non-hydrogen) atoms. The van der Waals surface area contributed by atoms with Crippen LogP contribution in [0.1, 0.15) is 22.0 Å². The maximum Gasteiger partial charge on any atom is 0.262 e. The molecule has 1 atom stereocenters. The number of hydrogen-bond acceptors (Lipinski definition) is 4. The number of aromatic nitrogens is 1. The molecule has 1 aromatic rings. The van der Waals surface area contributed by atoms with Crippen molar-refractivity contribution in [2.45, 2.75) is 38.7 Å². The Labute approximate surface area is 138 Å². The van der Waals surface area contributed by atoms with Crippen molar-refractivity contribution in [1.29, 1.82) is 0 Å². The van der Waals surface area contributed by atoms with Crippen LogP contribution in [0.3, 0.4) is 0 Å². The molecule has 4 nitrogen and oxygen atoms in total. The number of carbonyl (C=O) groups is 1. The van der Waals surface area contributed by atoms with Gasteiger partial charge in [0.15, 0.2) is 0 Å². The lowest BCUT2D eigenvalue weighted by Gasteiger charge is -2.10. The molecule has 0 saturated carbocycles. The number of carbonyl (C=O) groups excluding carboxylic acids is 1. The molecule has 0 radical (unpaired) electrons. The highest BCUT2D eigenvalue weighted by atomic mass is 35.5. The molecule has 1 aliphatic heterocycles. The maximum atomic E-state index is 12.9. The number of halogens is 4. The smallest absolute Gasteiger partial charge is 0.262 e. The topological polar surface area (TPSA) is 54.0 Å². The molecule has 1 aromatic heterocycles. The second-order valence-electron chi connectivity index (χ2n) is 4.78. The highest BCUT2D eigenvalue weighted by molar-refractivity contribution is 7.11. The van der Waals surface area contributed by atoms with Gasteiger partial charge in [-0.2, -0.15) is 0 Å². The zero-order chi connectivity index (χ0) is 14.0. The van der Waals surface area contributed by atoms with E-state index in [9.17, 15) is 13.6 Å². The van der Waals surface area contributed by atoms with Crippen molar-refractivity contribution < 1.29 is 13.6 Å². The normalized spacial score (nSPS) is 19.5. The molecule has 1 aliphatic rings. The minimum absolute atomic E-state index is 0. The van der Waals surface area contributed by atoms with Crippen LogP contribution in [-0.4, -0.2) is 35.9 Å². The molecular formula is C12H19Cl2F2N3OS. The summed E-state index contributed by atoms with van der Waals surface area (Å²) in [4.78, 5) is 17.2. The quantitative estimate of drug-likeness (QED) is 0.864. The molecule has 1 unspecified atom stereocenters. The van der Waals surface area contributed by atoms with Crippen molar-refractivity contribution in [2.75, 3.05) is 13.1 Å². The summed E-state index contributed by atoms with van der Waals surface area (Å²) in [6.45, 7) is 3.95. The number of amides is 1. The van der Waals surface area contributed by atoms with Crippen LogP contribution in [0.4, 0.5) is 8.78 Å². The van der Waals surface area contributed by atoms with Crippen LogP contribution < -0.4 is 10.6 Å². The van der Waals surface area contributed by atoms with Gasteiger partial charge in [0.2, 0.25) is 5.91 Å². The first kappa shape index (κ1) is 20.5. The zero-order valence-corrected chi connectivity index (χ0v) is 14.2. The Morgan fingerprint density at radius 3 is 2.62 bits per heavy atom. The molecule has 2 rings (SSSR count). The molecule has 0 bridgehead atoms. The lowest BCUT2D eigenvalue weighted by atomic mass is 10.2. The third kappa shape index (κ3) is 5.65.